The molecule has 1 N–H and O–H groups in total. The van der Waals surface area contributed by atoms with E-state index in [0.717, 1.165) is 19.5 Å². The van der Waals surface area contributed by atoms with Gasteiger partial charge in [-0.25, -0.2) is 0 Å². The van der Waals surface area contributed by atoms with Crippen LogP contribution in [0.1, 0.15) is 50.2 Å². The van der Waals surface area contributed by atoms with E-state index in [0.29, 0.717) is 24.8 Å². The predicted octanol–water partition coefficient (Wildman–Crippen LogP) is 3.16. The van der Waals surface area contributed by atoms with E-state index in [1.165, 1.54) is 17.5 Å². The molecule has 1 amide bonds. The largest absolute Gasteiger partial charge is 0.341 e. The minimum Gasteiger partial charge on any atom is -0.341 e. The Labute approximate surface area is 128 Å². The predicted molar refractivity (Wildman–Crippen MR) is 87.2 cm³/mol. The van der Waals surface area contributed by atoms with Crippen molar-refractivity contribution in [3.8, 4) is 0 Å². The zero-order valence-corrected chi connectivity index (χ0v) is 13.6. The zero-order chi connectivity index (χ0) is 15.2. The van der Waals surface area contributed by atoms with Gasteiger partial charge in [-0.3, -0.25) is 4.79 Å². The van der Waals surface area contributed by atoms with Crippen LogP contribution in [0.25, 0.3) is 0 Å². The van der Waals surface area contributed by atoms with Crippen LogP contribution >= 0.6 is 0 Å². The molecule has 0 aromatic heterocycles. The first-order valence-electron chi connectivity index (χ1n) is 8.09. The second-order valence-corrected chi connectivity index (χ2v) is 6.54. The Hall–Kier alpha value is -1.35. The molecule has 1 atom stereocenters. The smallest absolute Gasteiger partial charge is 0.222 e. The van der Waals surface area contributed by atoms with Gasteiger partial charge in [-0.15, -0.1) is 0 Å². The Morgan fingerprint density at radius 2 is 2.05 bits per heavy atom. The highest BCUT2D eigenvalue weighted by atomic mass is 16.2. The lowest BCUT2D eigenvalue weighted by Gasteiger charge is -2.18. The molecule has 0 spiro atoms. The fraction of sp³-hybridized carbons (Fsp3) is 0.611. The third kappa shape index (κ3) is 4.85. The van der Waals surface area contributed by atoms with E-state index in [4.69, 9.17) is 0 Å². The van der Waals surface area contributed by atoms with Crippen molar-refractivity contribution in [1.29, 1.82) is 0 Å². The highest BCUT2D eigenvalue weighted by Gasteiger charge is 2.17. The monoisotopic (exact) mass is 288 g/mol. The minimum atomic E-state index is 0.259. The quantitative estimate of drug-likeness (QED) is 0.872. The van der Waals surface area contributed by atoms with Crippen LogP contribution in [0.5, 0.6) is 0 Å². The lowest BCUT2D eigenvalue weighted by atomic mass is 10.0. The van der Waals surface area contributed by atoms with Crippen LogP contribution in [-0.2, 0) is 11.3 Å². The van der Waals surface area contributed by atoms with E-state index in [9.17, 15) is 4.79 Å². The molecule has 1 aromatic rings. The molecule has 1 aliphatic heterocycles. The number of carbonyl (C=O) groups is 1. The summed E-state index contributed by atoms with van der Waals surface area (Å²) in [6, 6.07) is 8.62. The second kappa shape index (κ2) is 7.60. The van der Waals surface area contributed by atoms with Crippen LogP contribution in [-0.4, -0.2) is 30.9 Å². The molecule has 0 aliphatic carbocycles. The summed E-state index contributed by atoms with van der Waals surface area (Å²) in [5.41, 5.74) is 2.55. The van der Waals surface area contributed by atoms with Crippen molar-refractivity contribution in [2.75, 3.05) is 20.1 Å². The van der Waals surface area contributed by atoms with Gasteiger partial charge in [0.1, 0.15) is 0 Å². The molecule has 0 bridgehead atoms. The van der Waals surface area contributed by atoms with Crippen molar-refractivity contribution in [2.45, 2.75) is 45.6 Å². The van der Waals surface area contributed by atoms with Gasteiger partial charge in [0.25, 0.3) is 0 Å². The number of amides is 1. The number of benzene rings is 1. The molecule has 1 fully saturated rings. The van der Waals surface area contributed by atoms with E-state index in [2.05, 4.69) is 43.4 Å². The number of nitrogens with one attached hydrogen (secondary N) is 1. The van der Waals surface area contributed by atoms with Crippen LogP contribution in [0, 0.1) is 5.92 Å². The first-order chi connectivity index (χ1) is 10.1. The molecule has 116 valence electrons. The van der Waals surface area contributed by atoms with Gasteiger partial charge in [0.15, 0.2) is 0 Å². The Bertz CT molecular complexity index is 447. The fourth-order valence-corrected chi connectivity index (χ4v) is 2.85. The van der Waals surface area contributed by atoms with Crippen molar-refractivity contribution < 1.29 is 4.79 Å². The average molecular weight is 288 g/mol. The summed E-state index contributed by atoms with van der Waals surface area (Å²) in [5.74, 6) is 1.50. The van der Waals surface area contributed by atoms with Gasteiger partial charge in [0.05, 0.1) is 0 Å². The lowest BCUT2D eigenvalue weighted by Crippen LogP contribution is -2.26. The summed E-state index contributed by atoms with van der Waals surface area (Å²) < 4.78 is 0. The summed E-state index contributed by atoms with van der Waals surface area (Å²) >= 11 is 0. The Morgan fingerprint density at radius 1 is 1.33 bits per heavy atom. The number of nitrogens with zero attached hydrogens (tertiary/aromatic N) is 1. The summed E-state index contributed by atoms with van der Waals surface area (Å²) in [6.45, 7) is 7.29. The zero-order valence-electron chi connectivity index (χ0n) is 13.6. The highest BCUT2D eigenvalue weighted by Crippen LogP contribution is 2.17. The Morgan fingerprint density at radius 3 is 2.62 bits per heavy atom. The number of hydrogen-bond donors (Lipinski definition) is 1. The van der Waals surface area contributed by atoms with Crippen molar-refractivity contribution >= 4 is 5.91 Å². The number of carbonyl (C=O) groups excluding carboxylic acids is 1. The molecular formula is C18H28N2O. The molecule has 3 heteroatoms. The van der Waals surface area contributed by atoms with Gasteiger partial charge in [-0.2, -0.15) is 0 Å². The summed E-state index contributed by atoms with van der Waals surface area (Å²) in [6.07, 6.45) is 2.91. The fourth-order valence-electron chi connectivity index (χ4n) is 2.85. The highest BCUT2D eigenvalue weighted by molar-refractivity contribution is 5.75. The molecule has 1 unspecified atom stereocenters. The van der Waals surface area contributed by atoms with Gasteiger partial charge >= 0.3 is 0 Å². The maximum absolute atomic E-state index is 12.2. The van der Waals surface area contributed by atoms with Crippen molar-refractivity contribution in [2.24, 2.45) is 5.92 Å². The van der Waals surface area contributed by atoms with Crippen molar-refractivity contribution in [1.82, 2.24) is 10.2 Å². The molecule has 0 saturated carbocycles. The maximum atomic E-state index is 12.2. The normalized spacial score (nSPS) is 18.2. The third-order valence-electron chi connectivity index (χ3n) is 4.42. The first kappa shape index (κ1) is 16.0. The van der Waals surface area contributed by atoms with E-state index >= 15 is 0 Å². The third-order valence-corrected chi connectivity index (χ3v) is 4.42. The first-order valence-corrected chi connectivity index (χ1v) is 8.09. The molecule has 1 aromatic carbocycles. The van der Waals surface area contributed by atoms with Gasteiger partial charge in [0.2, 0.25) is 5.91 Å². The van der Waals surface area contributed by atoms with Crippen LogP contribution in [0.4, 0.5) is 0 Å². The van der Waals surface area contributed by atoms with Gasteiger partial charge in [0, 0.05) is 20.0 Å². The molecule has 1 saturated heterocycles. The van der Waals surface area contributed by atoms with E-state index < -0.39 is 0 Å². The molecule has 2 rings (SSSR count). The van der Waals surface area contributed by atoms with Gasteiger partial charge in [-0.1, -0.05) is 38.1 Å². The maximum Gasteiger partial charge on any atom is 0.222 e. The van der Waals surface area contributed by atoms with Gasteiger partial charge < -0.3 is 10.2 Å². The van der Waals surface area contributed by atoms with Crippen LogP contribution in [0.15, 0.2) is 24.3 Å². The Kier molecular flexibility index (Phi) is 5.80. The van der Waals surface area contributed by atoms with Crippen molar-refractivity contribution in [3.05, 3.63) is 35.4 Å². The average Bonchev–Trinajstić information content (AvgIpc) is 2.98. The summed E-state index contributed by atoms with van der Waals surface area (Å²) in [4.78, 5) is 14.0. The van der Waals surface area contributed by atoms with Crippen molar-refractivity contribution in [3.63, 3.8) is 0 Å². The molecule has 3 nitrogen and oxygen atoms in total. The topological polar surface area (TPSA) is 32.3 Å². The van der Waals surface area contributed by atoms with Crippen LogP contribution in [0.2, 0.25) is 0 Å². The molecule has 1 heterocycles. The van der Waals surface area contributed by atoms with Crippen LogP contribution in [0.3, 0.4) is 0 Å². The Balaban J connectivity index is 1.79. The number of hydrogen-bond acceptors (Lipinski definition) is 2. The number of rotatable bonds is 6. The van der Waals surface area contributed by atoms with Gasteiger partial charge in [-0.05, 0) is 48.9 Å². The summed E-state index contributed by atoms with van der Waals surface area (Å²) in [5, 5.41) is 3.35. The molecule has 1 aliphatic rings. The molecule has 0 radical (unpaired) electrons. The van der Waals surface area contributed by atoms with E-state index in [1.807, 2.05) is 11.9 Å². The molecular weight excluding hydrogens is 260 g/mol. The van der Waals surface area contributed by atoms with E-state index in [1.54, 1.807) is 0 Å². The lowest BCUT2D eigenvalue weighted by molar-refractivity contribution is -0.130. The van der Waals surface area contributed by atoms with Crippen LogP contribution < -0.4 is 5.32 Å². The minimum absolute atomic E-state index is 0.259. The summed E-state index contributed by atoms with van der Waals surface area (Å²) in [7, 11) is 1.91. The standard InChI is InChI=1S/C18H28N2O/c1-14(2)17-7-4-16(5-8-17)13-20(3)18(21)9-6-15-10-11-19-12-15/h4-5,7-8,14-15,19H,6,9-13H2,1-3H3. The SMILES string of the molecule is CC(C)c1ccc(CN(C)C(=O)CCC2CCNC2)cc1. The second-order valence-electron chi connectivity index (χ2n) is 6.54. The van der Waals surface area contributed by atoms with E-state index in [-0.39, 0.29) is 5.91 Å². The molecule has 21 heavy (non-hydrogen) atoms.